The van der Waals surface area contributed by atoms with Gasteiger partial charge in [0, 0.05) is 5.02 Å². The number of methoxy groups -OCH3 is 1. The van der Waals surface area contributed by atoms with Crippen molar-refractivity contribution < 1.29 is 17.9 Å². The molecule has 0 aromatic heterocycles. The van der Waals surface area contributed by atoms with Crippen LogP contribution in [0.4, 0.5) is 0 Å². The zero-order valence-electron chi connectivity index (χ0n) is 14.4. The van der Waals surface area contributed by atoms with E-state index in [1.165, 1.54) is 13.2 Å². The Morgan fingerprint density at radius 3 is 2.46 bits per heavy atom. The van der Waals surface area contributed by atoms with Crippen molar-refractivity contribution in [3.8, 4) is 17.6 Å². The van der Waals surface area contributed by atoms with Crippen LogP contribution >= 0.6 is 11.6 Å². The molecule has 136 valence electrons. The molecule has 0 aliphatic heterocycles. The van der Waals surface area contributed by atoms with Gasteiger partial charge in [0.15, 0.2) is 21.3 Å². The van der Waals surface area contributed by atoms with Crippen LogP contribution in [-0.4, -0.2) is 22.1 Å². The molecule has 0 unspecified atom stereocenters. The van der Waals surface area contributed by atoms with Crippen molar-refractivity contribution in [1.29, 1.82) is 5.26 Å². The van der Waals surface area contributed by atoms with Crippen LogP contribution in [0.5, 0.6) is 11.5 Å². The lowest BCUT2D eigenvalue weighted by molar-refractivity contribution is 0.311. The number of rotatable bonds is 7. The van der Waals surface area contributed by atoms with E-state index in [2.05, 4.69) is 0 Å². The Balaban J connectivity index is 2.34. The average molecular weight is 392 g/mol. The lowest BCUT2D eigenvalue weighted by Crippen LogP contribution is -2.06. The van der Waals surface area contributed by atoms with E-state index in [-0.39, 0.29) is 10.7 Å². The predicted octanol–water partition coefficient (Wildman–Crippen LogP) is 4.23. The summed E-state index contributed by atoms with van der Waals surface area (Å²) in [5.41, 5.74) is 1.08. The summed E-state index contributed by atoms with van der Waals surface area (Å²) in [5, 5.41) is 9.85. The van der Waals surface area contributed by atoms with Gasteiger partial charge in [0.1, 0.15) is 11.0 Å². The lowest BCUT2D eigenvalue weighted by Gasteiger charge is -2.10. The minimum atomic E-state index is -3.79. The second-order valence-corrected chi connectivity index (χ2v) is 7.74. The van der Waals surface area contributed by atoms with Gasteiger partial charge < -0.3 is 9.47 Å². The molecule has 7 heteroatoms. The first kappa shape index (κ1) is 19.8. The maximum absolute atomic E-state index is 12.6. The molecule has 0 radical (unpaired) electrons. The molecular weight excluding hydrogens is 374 g/mol. The molecule has 0 fully saturated rings. The zero-order chi connectivity index (χ0) is 19.2. The minimum absolute atomic E-state index is 0.280. The fraction of sp³-hybridized carbons (Fsp3) is 0.211. The van der Waals surface area contributed by atoms with Crippen molar-refractivity contribution >= 4 is 27.5 Å². The van der Waals surface area contributed by atoms with Crippen LogP contribution in [0.3, 0.4) is 0 Å². The van der Waals surface area contributed by atoms with Crippen molar-refractivity contribution in [2.75, 3.05) is 13.7 Å². The van der Waals surface area contributed by atoms with Crippen molar-refractivity contribution in [3.05, 3.63) is 63.5 Å². The van der Waals surface area contributed by atoms with Crippen LogP contribution in [0.25, 0.3) is 6.08 Å². The molecule has 2 aromatic carbocycles. The Kier molecular flexibility index (Phi) is 6.67. The SMILES string of the molecule is CCOc1ccc(/C=C(\C#N)S(=O)(=O)Cc2ccc(Cl)cc2)cc1OC. The van der Waals surface area contributed by atoms with Crippen molar-refractivity contribution in [2.45, 2.75) is 12.7 Å². The molecule has 0 aliphatic carbocycles. The second-order valence-electron chi connectivity index (χ2n) is 5.35. The van der Waals surface area contributed by atoms with E-state index in [0.29, 0.717) is 34.3 Å². The van der Waals surface area contributed by atoms with E-state index >= 15 is 0 Å². The van der Waals surface area contributed by atoms with E-state index in [1.807, 2.05) is 6.92 Å². The number of halogens is 1. The fourth-order valence-electron chi connectivity index (χ4n) is 2.27. The van der Waals surface area contributed by atoms with E-state index in [9.17, 15) is 13.7 Å². The predicted molar refractivity (Wildman–Crippen MR) is 102 cm³/mol. The highest BCUT2D eigenvalue weighted by atomic mass is 35.5. The summed E-state index contributed by atoms with van der Waals surface area (Å²) in [6.45, 7) is 2.33. The molecule has 0 N–H and O–H groups in total. The molecule has 0 atom stereocenters. The maximum atomic E-state index is 12.6. The Morgan fingerprint density at radius 1 is 1.19 bits per heavy atom. The van der Waals surface area contributed by atoms with E-state index in [1.54, 1.807) is 48.5 Å². The van der Waals surface area contributed by atoms with Gasteiger partial charge in [-0.2, -0.15) is 5.26 Å². The number of nitrogens with zero attached hydrogens (tertiary/aromatic N) is 1. The van der Waals surface area contributed by atoms with Crippen LogP contribution in [0.1, 0.15) is 18.1 Å². The van der Waals surface area contributed by atoms with Gasteiger partial charge in [-0.1, -0.05) is 29.8 Å². The van der Waals surface area contributed by atoms with Crippen LogP contribution in [0.15, 0.2) is 47.4 Å². The van der Waals surface area contributed by atoms with Gasteiger partial charge in [0.2, 0.25) is 0 Å². The first-order valence-corrected chi connectivity index (χ1v) is 9.82. The van der Waals surface area contributed by atoms with Crippen molar-refractivity contribution in [3.63, 3.8) is 0 Å². The van der Waals surface area contributed by atoms with E-state index < -0.39 is 9.84 Å². The summed E-state index contributed by atoms with van der Waals surface area (Å²) in [5.74, 6) is 0.736. The molecule has 5 nitrogen and oxygen atoms in total. The standard InChI is InChI=1S/C19H18ClNO4S/c1-3-25-18-9-6-15(11-19(18)24-2)10-17(12-21)26(22,23)13-14-4-7-16(20)8-5-14/h4-11H,3,13H2,1-2H3/b17-10+. The summed E-state index contributed by atoms with van der Waals surface area (Å²) in [6.07, 6.45) is 1.32. The van der Waals surface area contributed by atoms with Crippen LogP contribution in [0.2, 0.25) is 5.02 Å². The molecule has 2 rings (SSSR count). The van der Waals surface area contributed by atoms with Crippen LogP contribution in [0, 0.1) is 11.3 Å². The lowest BCUT2D eigenvalue weighted by atomic mass is 10.2. The summed E-state index contributed by atoms with van der Waals surface area (Å²) in [6, 6.07) is 13.2. The highest BCUT2D eigenvalue weighted by Gasteiger charge is 2.19. The van der Waals surface area contributed by atoms with Crippen LogP contribution < -0.4 is 9.47 Å². The smallest absolute Gasteiger partial charge is 0.192 e. The quantitative estimate of drug-likeness (QED) is 0.660. The molecule has 0 aliphatic rings. The molecular formula is C19H18ClNO4S. The number of hydrogen-bond acceptors (Lipinski definition) is 5. The van der Waals surface area contributed by atoms with Gasteiger partial charge in [-0.15, -0.1) is 0 Å². The summed E-state index contributed by atoms with van der Waals surface area (Å²) < 4.78 is 35.8. The molecule has 0 saturated carbocycles. The van der Waals surface area contributed by atoms with Gasteiger partial charge in [0.25, 0.3) is 0 Å². The summed E-state index contributed by atoms with van der Waals surface area (Å²) in [4.78, 5) is -0.321. The third kappa shape index (κ3) is 5.01. The average Bonchev–Trinajstić information content (AvgIpc) is 2.62. The minimum Gasteiger partial charge on any atom is -0.493 e. The zero-order valence-corrected chi connectivity index (χ0v) is 16.0. The van der Waals surface area contributed by atoms with Crippen LogP contribution in [-0.2, 0) is 15.6 Å². The number of benzene rings is 2. The number of sulfone groups is 1. The molecule has 0 heterocycles. The summed E-state index contributed by atoms with van der Waals surface area (Å²) in [7, 11) is -2.30. The highest BCUT2D eigenvalue weighted by molar-refractivity contribution is 7.95. The number of ether oxygens (including phenoxy) is 2. The van der Waals surface area contributed by atoms with E-state index in [4.69, 9.17) is 21.1 Å². The first-order valence-electron chi connectivity index (χ1n) is 7.79. The largest absolute Gasteiger partial charge is 0.493 e. The fourth-order valence-corrected chi connectivity index (χ4v) is 3.64. The topological polar surface area (TPSA) is 76.4 Å². The van der Waals surface area contributed by atoms with Crippen molar-refractivity contribution in [2.24, 2.45) is 0 Å². The third-order valence-corrected chi connectivity index (χ3v) is 5.35. The van der Waals surface area contributed by atoms with Gasteiger partial charge in [-0.05, 0) is 48.4 Å². The monoisotopic (exact) mass is 391 g/mol. The Hall–Kier alpha value is -2.49. The molecule has 2 aromatic rings. The van der Waals surface area contributed by atoms with Gasteiger partial charge in [-0.25, -0.2) is 8.42 Å². The molecule has 0 spiro atoms. The maximum Gasteiger partial charge on any atom is 0.192 e. The number of allylic oxidation sites excluding steroid dienone is 1. The molecule has 0 amide bonds. The van der Waals surface area contributed by atoms with E-state index in [0.717, 1.165) is 0 Å². The normalized spacial score (nSPS) is 11.7. The Morgan fingerprint density at radius 2 is 1.88 bits per heavy atom. The Labute approximate surface area is 158 Å². The van der Waals surface area contributed by atoms with Gasteiger partial charge in [0.05, 0.1) is 19.5 Å². The van der Waals surface area contributed by atoms with Gasteiger partial charge >= 0.3 is 0 Å². The van der Waals surface area contributed by atoms with Gasteiger partial charge in [-0.3, -0.25) is 0 Å². The molecule has 26 heavy (non-hydrogen) atoms. The summed E-state index contributed by atoms with van der Waals surface area (Å²) >= 11 is 5.81. The molecule has 0 saturated heterocycles. The Bertz CT molecular complexity index is 944. The number of hydrogen-bond donors (Lipinski definition) is 0. The second kappa shape index (κ2) is 8.75. The third-order valence-electron chi connectivity index (χ3n) is 3.50. The number of nitriles is 1. The molecule has 0 bridgehead atoms. The first-order chi connectivity index (χ1) is 12.4. The van der Waals surface area contributed by atoms with Crippen molar-refractivity contribution in [1.82, 2.24) is 0 Å². The highest BCUT2D eigenvalue weighted by Crippen LogP contribution is 2.29.